The van der Waals surface area contributed by atoms with Crippen LogP contribution in [0, 0.1) is 6.92 Å². The molecule has 3 aromatic rings. The van der Waals surface area contributed by atoms with Crippen molar-refractivity contribution >= 4 is 17.0 Å². The van der Waals surface area contributed by atoms with Crippen molar-refractivity contribution in [3.8, 4) is 0 Å². The molecule has 0 saturated heterocycles. The van der Waals surface area contributed by atoms with Gasteiger partial charge < -0.3 is 9.67 Å². The van der Waals surface area contributed by atoms with Crippen LogP contribution in [0.1, 0.15) is 21.5 Å². The van der Waals surface area contributed by atoms with Gasteiger partial charge in [-0.05, 0) is 37.1 Å². The molecule has 3 rings (SSSR count). The van der Waals surface area contributed by atoms with Gasteiger partial charge >= 0.3 is 5.97 Å². The molecule has 0 aliphatic rings. The first-order chi connectivity index (χ1) is 10.1. The molecule has 0 spiro atoms. The van der Waals surface area contributed by atoms with E-state index in [-0.39, 0.29) is 0 Å². The van der Waals surface area contributed by atoms with Crippen LogP contribution in [0.4, 0.5) is 0 Å². The molecule has 0 saturated carbocycles. The van der Waals surface area contributed by atoms with E-state index in [9.17, 15) is 4.79 Å². The van der Waals surface area contributed by atoms with Crippen molar-refractivity contribution in [3.63, 3.8) is 0 Å². The highest BCUT2D eigenvalue weighted by Crippen LogP contribution is 2.16. The average molecular weight is 280 g/mol. The molecule has 1 aromatic heterocycles. The topological polar surface area (TPSA) is 55.1 Å². The van der Waals surface area contributed by atoms with E-state index in [1.165, 1.54) is 11.1 Å². The number of carbonyl (C=O) groups is 1. The summed E-state index contributed by atoms with van der Waals surface area (Å²) in [5.74, 6) is -0.914. The molecule has 0 radical (unpaired) electrons. The largest absolute Gasteiger partial charge is 0.478 e. The van der Waals surface area contributed by atoms with Gasteiger partial charge in [0, 0.05) is 6.54 Å². The molecule has 106 valence electrons. The highest BCUT2D eigenvalue weighted by molar-refractivity contribution is 5.92. The smallest absolute Gasteiger partial charge is 0.335 e. The minimum absolute atomic E-state index is 0.291. The maximum absolute atomic E-state index is 11.1. The molecule has 0 aliphatic carbocycles. The predicted octanol–water partition coefficient (Wildman–Crippen LogP) is 3.29. The van der Waals surface area contributed by atoms with Gasteiger partial charge in [-0.1, -0.05) is 29.8 Å². The van der Waals surface area contributed by atoms with Gasteiger partial charge in [-0.3, -0.25) is 0 Å². The number of nitrogens with zero attached hydrogens (tertiary/aromatic N) is 2. The Kier molecular flexibility index (Phi) is 3.44. The lowest BCUT2D eigenvalue weighted by molar-refractivity contribution is 0.0697. The highest BCUT2D eigenvalue weighted by atomic mass is 16.4. The third-order valence-electron chi connectivity index (χ3n) is 3.59. The lowest BCUT2D eigenvalue weighted by atomic mass is 10.1. The van der Waals surface area contributed by atoms with Gasteiger partial charge in [-0.2, -0.15) is 0 Å². The van der Waals surface area contributed by atoms with Crippen LogP contribution in [0.15, 0.2) is 48.8 Å². The first-order valence-electron chi connectivity index (χ1n) is 6.87. The van der Waals surface area contributed by atoms with E-state index < -0.39 is 5.97 Å². The number of aryl methyl sites for hydroxylation is 3. The predicted molar refractivity (Wildman–Crippen MR) is 81.6 cm³/mol. The van der Waals surface area contributed by atoms with Gasteiger partial charge in [0.05, 0.1) is 22.9 Å². The summed E-state index contributed by atoms with van der Waals surface area (Å²) in [6.45, 7) is 2.86. The van der Waals surface area contributed by atoms with Crippen molar-refractivity contribution in [1.82, 2.24) is 9.55 Å². The minimum atomic E-state index is -0.914. The van der Waals surface area contributed by atoms with Crippen LogP contribution in [-0.2, 0) is 13.0 Å². The van der Waals surface area contributed by atoms with Crippen LogP contribution in [-0.4, -0.2) is 20.6 Å². The lowest BCUT2D eigenvalue weighted by Crippen LogP contribution is -2.01. The summed E-state index contributed by atoms with van der Waals surface area (Å²) < 4.78 is 2.00. The second-order valence-corrected chi connectivity index (χ2v) is 5.19. The fourth-order valence-electron chi connectivity index (χ4n) is 2.49. The minimum Gasteiger partial charge on any atom is -0.478 e. The van der Waals surface area contributed by atoms with E-state index in [1.807, 2.05) is 4.57 Å². The molecule has 0 bridgehead atoms. The van der Waals surface area contributed by atoms with Crippen molar-refractivity contribution in [2.45, 2.75) is 19.9 Å². The maximum Gasteiger partial charge on any atom is 0.335 e. The molecule has 4 heteroatoms. The van der Waals surface area contributed by atoms with Gasteiger partial charge in [-0.25, -0.2) is 9.78 Å². The molecule has 0 unspecified atom stereocenters. The van der Waals surface area contributed by atoms with Crippen molar-refractivity contribution in [3.05, 3.63) is 65.5 Å². The van der Waals surface area contributed by atoms with Gasteiger partial charge in [0.1, 0.15) is 0 Å². The number of rotatable bonds is 4. The Bertz CT molecular complexity index is 805. The fraction of sp³-hybridized carbons (Fsp3) is 0.176. The molecular formula is C17H16N2O2. The molecular weight excluding hydrogens is 264 g/mol. The Balaban J connectivity index is 1.86. The van der Waals surface area contributed by atoms with Gasteiger partial charge in [-0.15, -0.1) is 0 Å². The van der Waals surface area contributed by atoms with E-state index in [0.717, 1.165) is 24.0 Å². The van der Waals surface area contributed by atoms with Crippen molar-refractivity contribution in [2.24, 2.45) is 0 Å². The Morgan fingerprint density at radius 1 is 1.24 bits per heavy atom. The molecule has 1 N–H and O–H groups in total. The van der Waals surface area contributed by atoms with Crippen LogP contribution in [0.2, 0.25) is 0 Å². The quantitative estimate of drug-likeness (QED) is 0.798. The van der Waals surface area contributed by atoms with Crippen LogP contribution in [0.5, 0.6) is 0 Å². The van der Waals surface area contributed by atoms with Crippen LogP contribution < -0.4 is 0 Å². The average Bonchev–Trinajstić information content (AvgIpc) is 2.87. The maximum atomic E-state index is 11.1. The number of hydrogen-bond donors (Lipinski definition) is 1. The van der Waals surface area contributed by atoms with E-state index >= 15 is 0 Å². The number of aromatic carboxylic acids is 1. The Morgan fingerprint density at radius 2 is 2.10 bits per heavy atom. The zero-order chi connectivity index (χ0) is 14.8. The van der Waals surface area contributed by atoms with E-state index in [1.54, 1.807) is 24.5 Å². The molecule has 1 heterocycles. The lowest BCUT2D eigenvalue weighted by Gasteiger charge is -2.06. The zero-order valence-electron chi connectivity index (χ0n) is 11.8. The van der Waals surface area contributed by atoms with Crippen LogP contribution in [0.3, 0.4) is 0 Å². The first-order valence-corrected chi connectivity index (χ1v) is 6.87. The Hall–Kier alpha value is -2.62. The number of hydrogen-bond acceptors (Lipinski definition) is 2. The summed E-state index contributed by atoms with van der Waals surface area (Å²) in [4.78, 5) is 15.4. The summed E-state index contributed by atoms with van der Waals surface area (Å²) in [6.07, 6.45) is 2.66. The van der Waals surface area contributed by atoms with Crippen molar-refractivity contribution in [2.75, 3.05) is 0 Å². The van der Waals surface area contributed by atoms with Gasteiger partial charge in [0.2, 0.25) is 0 Å². The monoisotopic (exact) mass is 280 g/mol. The molecule has 0 atom stereocenters. The molecule has 0 aliphatic heterocycles. The normalized spacial score (nSPS) is 10.9. The number of aromatic nitrogens is 2. The summed E-state index contributed by atoms with van der Waals surface area (Å²) in [6, 6.07) is 13.4. The molecule has 21 heavy (non-hydrogen) atoms. The number of carboxylic acid groups (broad SMARTS) is 1. The number of fused-ring (bicyclic) bond motifs is 1. The number of benzene rings is 2. The molecule has 0 fully saturated rings. The third kappa shape index (κ3) is 2.79. The first kappa shape index (κ1) is 13.4. The van der Waals surface area contributed by atoms with Gasteiger partial charge in [0.25, 0.3) is 0 Å². The standard InChI is InChI=1S/C17H16N2O2/c1-12-3-2-4-13(9-12)7-8-19-11-18-15-6-5-14(17(20)21)10-16(15)19/h2-6,9-11H,7-8H2,1H3,(H,20,21). The van der Waals surface area contributed by atoms with Crippen LogP contribution >= 0.6 is 0 Å². The summed E-state index contributed by atoms with van der Waals surface area (Å²) in [5.41, 5.74) is 4.49. The Morgan fingerprint density at radius 3 is 2.86 bits per heavy atom. The fourth-order valence-corrected chi connectivity index (χ4v) is 2.49. The second-order valence-electron chi connectivity index (χ2n) is 5.19. The summed E-state index contributed by atoms with van der Waals surface area (Å²) in [7, 11) is 0. The van der Waals surface area contributed by atoms with Crippen LogP contribution in [0.25, 0.3) is 11.0 Å². The van der Waals surface area contributed by atoms with E-state index in [4.69, 9.17) is 5.11 Å². The van der Waals surface area contributed by atoms with Crippen molar-refractivity contribution < 1.29 is 9.90 Å². The summed E-state index contributed by atoms with van der Waals surface area (Å²) >= 11 is 0. The summed E-state index contributed by atoms with van der Waals surface area (Å²) in [5, 5.41) is 9.08. The molecule has 0 amide bonds. The van der Waals surface area contributed by atoms with Gasteiger partial charge in [0.15, 0.2) is 0 Å². The third-order valence-corrected chi connectivity index (χ3v) is 3.59. The Labute approximate surface area is 122 Å². The molecule has 4 nitrogen and oxygen atoms in total. The second kappa shape index (κ2) is 5.40. The zero-order valence-corrected chi connectivity index (χ0v) is 11.8. The van der Waals surface area contributed by atoms with E-state index in [2.05, 4.69) is 36.2 Å². The number of carboxylic acids is 1. The molecule has 2 aromatic carbocycles. The SMILES string of the molecule is Cc1cccc(CCn2cnc3ccc(C(=O)O)cc32)c1. The number of imidazole rings is 1. The van der Waals surface area contributed by atoms with Crippen molar-refractivity contribution in [1.29, 1.82) is 0 Å². The highest BCUT2D eigenvalue weighted by Gasteiger charge is 2.08. The van der Waals surface area contributed by atoms with E-state index in [0.29, 0.717) is 5.56 Å².